The number of hydrogen-bond acceptors (Lipinski definition) is 7. The highest BCUT2D eigenvalue weighted by Crippen LogP contribution is 2.34. The molecule has 4 aromatic rings. The van der Waals surface area contributed by atoms with E-state index in [0.717, 1.165) is 29.9 Å². The van der Waals surface area contributed by atoms with E-state index >= 15 is 0 Å². The van der Waals surface area contributed by atoms with Crippen molar-refractivity contribution in [3.05, 3.63) is 66.0 Å². The van der Waals surface area contributed by atoms with Gasteiger partial charge in [0.15, 0.2) is 5.65 Å². The van der Waals surface area contributed by atoms with Gasteiger partial charge in [-0.05, 0) is 48.5 Å². The smallest absolute Gasteiger partial charge is 0.229 e. The Kier molecular flexibility index (Phi) is 5.41. The molecule has 1 aliphatic rings. The second-order valence-corrected chi connectivity index (χ2v) is 12.4. The average molecular weight is 476 g/mol. The molecule has 0 aliphatic carbocycles. The maximum Gasteiger partial charge on any atom is 0.229 e. The van der Waals surface area contributed by atoms with Crippen LogP contribution in [0.25, 0.3) is 16.7 Å². The van der Waals surface area contributed by atoms with Crippen LogP contribution >= 0.6 is 0 Å². The third kappa shape index (κ3) is 4.53. The molecule has 2 aromatic carbocycles. The summed E-state index contributed by atoms with van der Waals surface area (Å²) in [5.74, 6) is 0.503. The van der Waals surface area contributed by atoms with Gasteiger partial charge in [0.25, 0.3) is 0 Å². The van der Waals surface area contributed by atoms with Crippen LogP contribution in [0.1, 0.15) is 25.0 Å². The van der Waals surface area contributed by atoms with Crippen molar-refractivity contribution >= 4 is 38.1 Å². The number of nitrogens with zero attached hydrogens (tertiary/aromatic N) is 6. The van der Waals surface area contributed by atoms with Crippen molar-refractivity contribution in [2.45, 2.75) is 25.8 Å². The highest BCUT2D eigenvalue weighted by Gasteiger charge is 2.30. The van der Waals surface area contributed by atoms with E-state index < -0.39 is 9.73 Å². The molecular formula is C25H29N7OS. The quantitative estimate of drug-likeness (QED) is 0.463. The van der Waals surface area contributed by atoms with Crippen molar-refractivity contribution in [2.24, 2.45) is 4.36 Å². The molecule has 1 aliphatic heterocycles. The molecule has 34 heavy (non-hydrogen) atoms. The predicted octanol–water partition coefficient (Wildman–Crippen LogP) is 4.64. The monoisotopic (exact) mass is 475 g/mol. The van der Waals surface area contributed by atoms with Gasteiger partial charge in [0, 0.05) is 52.6 Å². The largest absolute Gasteiger partial charge is 0.324 e. The minimum atomic E-state index is -2.26. The maximum absolute atomic E-state index is 12.1. The van der Waals surface area contributed by atoms with Crippen LogP contribution in [0.2, 0.25) is 0 Å². The summed E-state index contributed by atoms with van der Waals surface area (Å²) < 4.78 is 18.2. The number of likely N-dealkylation sites (N-methyl/N-ethyl adjacent to an activating group) is 1. The zero-order valence-electron chi connectivity index (χ0n) is 20.1. The molecule has 0 atom stereocenters. The molecule has 5 rings (SSSR count). The second kappa shape index (κ2) is 8.18. The Morgan fingerprint density at radius 3 is 2.74 bits per heavy atom. The maximum atomic E-state index is 12.1. The third-order valence-corrected chi connectivity index (χ3v) is 6.55. The van der Waals surface area contributed by atoms with E-state index in [9.17, 15) is 4.21 Å². The van der Waals surface area contributed by atoms with Gasteiger partial charge >= 0.3 is 0 Å². The Morgan fingerprint density at radius 1 is 1.12 bits per heavy atom. The van der Waals surface area contributed by atoms with Gasteiger partial charge in [-0.25, -0.2) is 13.9 Å². The molecule has 0 radical (unpaired) electrons. The summed E-state index contributed by atoms with van der Waals surface area (Å²) in [5, 5.41) is 8.69. The summed E-state index contributed by atoms with van der Waals surface area (Å²) in [4.78, 5) is 11.6. The number of nitrogens with one attached hydrogen (secondary N) is 1. The highest BCUT2D eigenvalue weighted by molar-refractivity contribution is 7.92. The van der Waals surface area contributed by atoms with Crippen LogP contribution in [0.15, 0.2) is 59.2 Å². The standard InChI is InChI=1S/C25H29N7OS/c1-25(2)16-31(3)15-17-11-19(9-10-22(17)25)28-24-26-13-18-14-27-32(23(18)29-24)21-8-6-7-20(12-21)30-34(4,5)33/h6-14H,15-16H2,1-5H3,(H,26,28,29). The number of rotatable bonds is 4. The summed E-state index contributed by atoms with van der Waals surface area (Å²) in [5.41, 5.74) is 5.90. The summed E-state index contributed by atoms with van der Waals surface area (Å²) in [6.45, 7) is 6.53. The molecule has 3 heterocycles. The Labute approximate surface area is 200 Å². The van der Waals surface area contributed by atoms with E-state index in [4.69, 9.17) is 4.98 Å². The first kappa shape index (κ1) is 22.5. The lowest BCUT2D eigenvalue weighted by Crippen LogP contribution is -2.39. The topological polar surface area (TPSA) is 88.3 Å². The van der Waals surface area contributed by atoms with Crippen molar-refractivity contribution < 1.29 is 4.21 Å². The zero-order valence-corrected chi connectivity index (χ0v) is 20.9. The third-order valence-electron chi connectivity index (χ3n) is 5.90. The fraction of sp³-hybridized carbons (Fsp3) is 0.320. The fourth-order valence-electron chi connectivity index (χ4n) is 4.70. The number of anilines is 2. The first-order valence-corrected chi connectivity index (χ1v) is 13.5. The molecule has 0 unspecified atom stereocenters. The molecule has 9 heteroatoms. The Hall–Kier alpha value is -3.30. The molecule has 0 spiro atoms. The normalized spacial score (nSPS) is 15.8. The van der Waals surface area contributed by atoms with Crippen molar-refractivity contribution in [1.29, 1.82) is 0 Å². The molecule has 1 N–H and O–H groups in total. The first-order valence-electron chi connectivity index (χ1n) is 11.1. The highest BCUT2D eigenvalue weighted by atomic mass is 32.2. The van der Waals surface area contributed by atoms with Crippen LogP contribution in [0.3, 0.4) is 0 Å². The lowest BCUT2D eigenvalue weighted by molar-refractivity contribution is 0.236. The van der Waals surface area contributed by atoms with Gasteiger partial charge in [0.1, 0.15) is 0 Å². The second-order valence-electron chi connectivity index (χ2n) is 9.87. The molecule has 0 saturated carbocycles. The van der Waals surface area contributed by atoms with E-state index in [0.29, 0.717) is 17.3 Å². The van der Waals surface area contributed by atoms with Gasteiger partial charge in [-0.15, -0.1) is 0 Å². The lowest BCUT2D eigenvalue weighted by atomic mass is 9.78. The molecule has 8 nitrogen and oxygen atoms in total. The van der Waals surface area contributed by atoms with E-state index in [-0.39, 0.29) is 5.41 Å². The van der Waals surface area contributed by atoms with E-state index in [1.165, 1.54) is 11.1 Å². The van der Waals surface area contributed by atoms with Gasteiger partial charge in [0.05, 0.1) is 23.0 Å². The summed E-state index contributed by atoms with van der Waals surface area (Å²) >= 11 is 0. The molecule has 176 valence electrons. The van der Waals surface area contributed by atoms with Gasteiger partial charge in [-0.1, -0.05) is 26.0 Å². The summed E-state index contributed by atoms with van der Waals surface area (Å²) in [6.07, 6.45) is 6.74. The Bertz CT molecular complexity index is 1510. The van der Waals surface area contributed by atoms with Gasteiger partial charge in [-0.2, -0.15) is 14.4 Å². The minimum absolute atomic E-state index is 0.117. The Balaban J connectivity index is 1.49. The summed E-state index contributed by atoms with van der Waals surface area (Å²) in [7, 11) is -0.100. The van der Waals surface area contributed by atoms with Crippen LogP contribution in [0.4, 0.5) is 17.3 Å². The lowest BCUT2D eigenvalue weighted by Gasteiger charge is -2.38. The van der Waals surface area contributed by atoms with Crippen LogP contribution in [-0.2, 0) is 21.7 Å². The minimum Gasteiger partial charge on any atom is -0.324 e. The average Bonchev–Trinajstić information content (AvgIpc) is 3.15. The fourth-order valence-corrected chi connectivity index (χ4v) is 5.32. The number of hydrogen-bond donors (Lipinski definition) is 1. The number of fused-ring (bicyclic) bond motifs is 2. The zero-order chi connectivity index (χ0) is 24.1. The Morgan fingerprint density at radius 2 is 1.94 bits per heavy atom. The molecule has 0 bridgehead atoms. The van der Waals surface area contributed by atoms with E-state index in [2.05, 4.69) is 63.8 Å². The van der Waals surface area contributed by atoms with Crippen LogP contribution in [-0.4, -0.2) is 55.0 Å². The van der Waals surface area contributed by atoms with E-state index in [1.54, 1.807) is 29.6 Å². The first-order chi connectivity index (χ1) is 16.1. The van der Waals surface area contributed by atoms with Gasteiger partial charge < -0.3 is 10.2 Å². The molecule has 0 fully saturated rings. The van der Waals surface area contributed by atoms with Crippen LogP contribution in [0.5, 0.6) is 0 Å². The van der Waals surface area contributed by atoms with Crippen molar-refractivity contribution in [3.8, 4) is 5.69 Å². The molecule has 0 amide bonds. The summed E-state index contributed by atoms with van der Waals surface area (Å²) in [6, 6.07) is 14.0. The number of benzene rings is 2. The molecular weight excluding hydrogens is 446 g/mol. The SMILES string of the molecule is CN1Cc2cc(Nc3ncc4cnn(-c5cccc(N=S(C)(C)=O)c5)c4n3)ccc2C(C)(C)C1. The van der Waals surface area contributed by atoms with Gasteiger partial charge in [-0.3, -0.25) is 0 Å². The van der Waals surface area contributed by atoms with Crippen molar-refractivity contribution in [3.63, 3.8) is 0 Å². The van der Waals surface area contributed by atoms with Gasteiger partial charge in [0.2, 0.25) is 5.95 Å². The van der Waals surface area contributed by atoms with Crippen LogP contribution in [0, 0.1) is 0 Å². The molecule has 2 aromatic heterocycles. The molecule has 0 saturated heterocycles. The predicted molar refractivity (Wildman–Crippen MR) is 138 cm³/mol. The van der Waals surface area contributed by atoms with Crippen molar-refractivity contribution in [2.75, 3.05) is 31.4 Å². The van der Waals surface area contributed by atoms with E-state index in [1.807, 2.05) is 24.3 Å². The van der Waals surface area contributed by atoms with Crippen LogP contribution < -0.4 is 5.32 Å². The number of aromatic nitrogens is 4. The van der Waals surface area contributed by atoms with Crippen molar-refractivity contribution in [1.82, 2.24) is 24.6 Å².